The highest BCUT2D eigenvalue weighted by molar-refractivity contribution is 9.10. The average molecular weight is 272 g/mol. The highest BCUT2D eigenvalue weighted by atomic mass is 79.9. The molecule has 1 aromatic rings. The monoisotopic (exact) mass is 271 g/mol. The van der Waals surface area contributed by atoms with E-state index in [0.29, 0.717) is 12.7 Å². The molecule has 0 aliphatic heterocycles. The normalized spacial score (nSPS) is 11.0. The molecule has 0 unspecified atom stereocenters. The van der Waals surface area contributed by atoms with Crippen molar-refractivity contribution in [3.63, 3.8) is 0 Å². The van der Waals surface area contributed by atoms with Gasteiger partial charge in [0, 0.05) is 10.7 Å². The van der Waals surface area contributed by atoms with Crippen LogP contribution in [0, 0.1) is 6.92 Å². The molecule has 0 N–H and O–H groups in total. The van der Waals surface area contributed by atoms with Gasteiger partial charge >= 0.3 is 0 Å². The third kappa shape index (κ3) is 3.92. The Morgan fingerprint density at radius 1 is 1.40 bits per heavy atom. The predicted molar refractivity (Wildman–Crippen MR) is 65.8 cm³/mol. The first-order valence-electron chi connectivity index (χ1n) is 5.40. The summed E-state index contributed by atoms with van der Waals surface area (Å²) in [5.41, 5.74) is 2.14. The van der Waals surface area contributed by atoms with Crippen LogP contribution in [-0.4, -0.2) is 11.1 Å². The van der Waals surface area contributed by atoms with E-state index in [1.165, 1.54) is 0 Å². The van der Waals surface area contributed by atoms with E-state index in [9.17, 15) is 0 Å². The van der Waals surface area contributed by atoms with Gasteiger partial charge in [-0.1, -0.05) is 13.8 Å². The van der Waals surface area contributed by atoms with Crippen molar-refractivity contribution in [1.82, 2.24) is 4.98 Å². The van der Waals surface area contributed by atoms with Gasteiger partial charge in [-0.25, -0.2) is 0 Å². The highest BCUT2D eigenvalue weighted by Gasteiger charge is 2.06. The molecular weight excluding hydrogens is 254 g/mol. The summed E-state index contributed by atoms with van der Waals surface area (Å²) in [5, 5.41) is 0. The van der Waals surface area contributed by atoms with Gasteiger partial charge in [-0.3, -0.25) is 4.98 Å². The minimum atomic E-state index is 0.347. The molecule has 0 saturated carbocycles. The van der Waals surface area contributed by atoms with Crippen LogP contribution in [0.1, 0.15) is 37.9 Å². The van der Waals surface area contributed by atoms with E-state index < -0.39 is 0 Å². The summed E-state index contributed by atoms with van der Waals surface area (Å²) < 4.78 is 6.79. The topological polar surface area (TPSA) is 22.1 Å². The fourth-order valence-corrected chi connectivity index (χ4v) is 1.97. The Morgan fingerprint density at radius 3 is 2.60 bits per heavy atom. The second-order valence-corrected chi connectivity index (χ2v) is 4.55. The van der Waals surface area contributed by atoms with E-state index in [-0.39, 0.29) is 0 Å². The summed E-state index contributed by atoms with van der Waals surface area (Å²) >= 11 is 3.50. The second-order valence-electron chi connectivity index (χ2n) is 3.69. The molecule has 0 fully saturated rings. The van der Waals surface area contributed by atoms with Crippen LogP contribution in [-0.2, 0) is 11.3 Å². The standard InChI is InChI=1S/C12H18BrNO/c1-4-10(5-2)15-8-12-11(13)6-9(3)7-14-12/h6-7,10H,4-5,8H2,1-3H3. The maximum absolute atomic E-state index is 5.75. The van der Waals surface area contributed by atoms with Gasteiger partial charge in [0.15, 0.2) is 0 Å². The van der Waals surface area contributed by atoms with Crippen LogP contribution in [0.15, 0.2) is 16.7 Å². The van der Waals surface area contributed by atoms with E-state index >= 15 is 0 Å². The van der Waals surface area contributed by atoms with Gasteiger partial charge in [0.25, 0.3) is 0 Å². The molecule has 1 rings (SSSR count). The van der Waals surface area contributed by atoms with Crippen molar-refractivity contribution < 1.29 is 4.74 Å². The first-order chi connectivity index (χ1) is 7.17. The molecule has 84 valence electrons. The number of nitrogens with zero attached hydrogens (tertiary/aromatic N) is 1. The van der Waals surface area contributed by atoms with Crippen LogP contribution in [0.3, 0.4) is 0 Å². The Morgan fingerprint density at radius 2 is 2.07 bits per heavy atom. The predicted octanol–water partition coefficient (Wildman–Crippen LogP) is 3.86. The SMILES string of the molecule is CCC(CC)OCc1ncc(C)cc1Br. The maximum atomic E-state index is 5.75. The smallest absolute Gasteiger partial charge is 0.0903 e. The van der Waals surface area contributed by atoms with Crippen LogP contribution in [0.5, 0.6) is 0 Å². The zero-order valence-corrected chi connectivity index (χ0v) is 11.2. The average Bonchev–Trinajstić information content (AvgIpc) is 2.22. The zero-order valence-electron chi connectivity index (χ0n) is 9.59. The number of pyridine rings is 1. The number of halogens is 1. The molecule has 1 aromatic heterocycles. The Hall–Kier alpha value is -0.410. The van der Waals surface area contributed by atoms with Crippen LogP contribution in [0.25, 0.3) is 0 Å². The molecule has 0 bridgehead atoms. The third-order valence-corrected chi connectivity index (χ3v) is 3.11. The molecule has 0 saturated heterocycles. The first-order valence-corrected chi connectivity index (χ1v) is 6.19. The minimum Gasteiger partial charge on any atom is -0.372 e. The second kappa shape index (κ2) is 6.23. The van der Waals surface area contributed by atoms with Crippen molar-refractivity contribution in [3.8, 4) is 0 Å². The lowest BCUT2D eigenvalue weighted by atomic mass is 10.2. The molecule has 0 aromatic carbocycles. The molecular formula is C12H18BrNO. The fraction of sp³-hybridized carbons (Fsp3) is 0.583. The summed E-state index contributed by atoms with van der Waals surface area (Å²) in [7, 11) is 0. The van der Waals surface area contributed by atoms with Gasteiger partial charge in [0.05, 0.1) is 18.4 Å². The summed E-state index contributed by atoms with van der Waals surface area (Å²) in [6.45, 7) is 6.91. The van der Waals surface area contributed by atoms with E-state index in [0.717, 1.165) is 28.6 Å². The first kappa shape index (κ1) is 12.7. The molecule has 0 atom stereocenters. The molecule has 2 nitrogen and oxygen atoms in total. The van der Waals surface area contributed by atoms with Crippen LogP contribution in [0.2, 0.25) is 0 Å². The summed E-state index contributed by atoms with van der Waals surface area (Å²) in [6.07, 6.45) is 4.33. The Labute approximate surface area is 100 Å². The number of aromatic nitrogens is 1. The van der Waals surface area contributed by atoms with E-state index in [4.69, 9.17) is 4.74 Å². The summed E-state index contributed by atoms with van der Waals surface area (Å²) in [6, 6.07) is 2.07. The highest BCUT2D eigenvalue weighted by Crippen LogP contribution is 2.17. The number of rotatable bonds is 5. The van der Waals surface area contributed by atoms with Gasteiger partial charge in [0.1, 0.15) is 0 Å². The van der Waals surface area contributed by atoms with E-state index in [2.05, 4.69) is 40.8 Å². The van der Waals surface area contributed by atoms with Crippen molar-refractivity contribution in [3.05, 3.63) is 28.0 Å². The molecule has 0 aliphatic carbocycles. The minimum absolute atomic E-state index is 0.347. The van der Waals surface area contributed by atoms with Crippen molar-refractivity contribution in [2.75, 3.05) is 0 Å². The largest absolute Gasteiger partial charge is 0.372 e. The van der Waals surface area contributed by atoms with E-state index in [1.54, 1.807) is 0 Å². The lowest BCUT2D eigenvalue weighted by Crippen LogP contribution is -2.10. The quantitative estimate of drug-likeness (QED) is 0.812. The van der Waals surface area contributed by atoms with Gasteiger partial charge in [-0.05, 0) is 47.3 Å². The van der Waals surface area contributed by atoms with Gasteiger partial charge < -0.3 is 4.74 Å². The Bertz CT molecular complexity index is 310. The van der Waals surface area contributed by atoms with Crippen molar-refractivity contribution in [2.24, 2.45) is 0 Å². The number of ether oxygens (including phenoxy) is 1. The Kier molecular flexibility index (Phi) is 5.26. The number of hydrogen-bond donors (Lipinski definition) is 0. The molecule has 0 spiro atoms. The van der Waals surface area contributed by atoms with Crippen molar-refractivity contribution >= 4 is 15.9 Å². The van der Waals surface area contributed by atoms with Gasteiger partial charge in [-0.2, -0.15) is 0 Å². The van der Waals surface area contributed by atoms with Crippen LogP contribution >= 0.6 is 15.9 Å². The Balaban J connectivity index is 2.57. The summed E-state index contributed by atoms with van der Waals surface area (Å²) in [4.78, 5) is 4.35. The van der Waals surface area contributed by atoms with E-state index in [1.807, 2.05) is 13.1 Å². The molecule has 0 aliphatic rings. The molecule has 0 radical (unpaired) electrons. The van der Waals surface area contributed by atoms with Crippen LogP contribution < -0.4 is 0 Å². The van der Waals surface area contributed by atoms with Gasteiger partial charge in [-0.15, -0.1) is 0 Å². The van der Waals surface area contributed by atoms with Gasteiger partial charge in [0.2, 0.25) is 0 Å². The number of hydrogen-bond acceptors (Lipinski definition) is 2. The molecule has 0 amide bonds. The lowest BCUT2D eigenvalue weighted by Gasteiger charge is -2.14. The third-order valence-electron chi connectivity index (χ3n) is 2.42. The molecule has 15 heavy (non-hydrogen) atoms. The zero-order chi connectivity index (χ0) is 11.3. The lowest BCUT2D eigenvalue weighted by molar-refractivity contribution is 0.0337. The molecule has 1 heterocycles. The molecule has 3 heteroatoms. The summed E-state index contributed by atoms with van der Waals surface area (Å²) in [5.74, 6) is 0. The van der Waals surface area contributed by atoms with Crippen LogP contribution in [0.4, 0.5) is 0 Å². The fourth-order valence-electron chi connectivity index (χ4n) is 1.39. The maximum Gasteiger partial charge on any atom is 0.0903 e. The number of aryl methyl sites for hydroxylation is 1. The van der Waals surface area contributed by atoms with Crippen molar-refractivity contribution in [2.45, 2.75) is 46.3 Å². The van der Waals surface area contributed by atoms with Crippen molar-refractivity contribution in [1.29, 1.82) is 0 Å².